The monoisotopic (exact) mass is 322 g/mol. The van der Waals surface area contributed by atoms with Gasteiger partial charge in [-0.2, -0.15) is 0 Å². The molecule has 0 aliphatic rings. The van der Waals surface area contributed by atoms with Crippen molar-refractivity contribution >= 4 is 6.08 Å². The molecule has 0 radical (unpaired) electrons. The normalized spacial score (nSPS) is 10.6. The van der Waals surface area contributed by atoms with Crippen LogP contribution in [0.5, 0.6) is 0 Å². The minimum atomic E-state index is 0.855. The SMILES string of the molecule is C=Cc1c(-c2ccccc2)oc(-c2ccccc2)c1-c1ccccc1. The van der Waals surface area contributed by atoms with Crippen LogP contribution in [0.1, 0.15) is 5.56 Å². The van der Waals surface area contributed by atoms with Crippen molar-refractivity contribution in [3.63, 3.8) is 0 Å². The van der Waals surface area contributed by atoms with E-state index in [0.29, 0.717) is 0 Å². The Kier molecular flexibility index (Phi) is 4.05. The van der Waals surface area contributed by atoms with Crippen LogP contribution in [0.15, 0.2) is 102 Å². The highest BCUT2D eigenvalue weighted by Gasteiger charge is 2.21. The predicted molar refractivity (Wildman–Crippen MR) is 105 cm³/mol. The zero-order valence-electron chi connectivity index (χ0n) is 13.9. The molecule has 0 atom stereocenters. The summed E-state index contributed by atoms with van der Waals surface area (Å²) < 4.78 is 6.39. The molecule has 0 bridgehead atoms. The Morgan fingerprint density at radius 3 is 1.48 bits per heavy atom. The Bertz CT molecular complexity index is 980. The van der Waals surface area contributed by atoms with Crippen LogP contribution in [0, 0.1) is 0 Å². The van der Waals surface area contributed by atoms with Crippen molar-refractivity contribution in [1.82, 2.24) is 0 Å². The molecule has 0 amide bonds. The van der Waals surface area contributed by atoms with Crippen molar-refractivity contribution in [2.75, 3.05) is 0 Å². The third kappa shape index (κ3) is 2.81. The van der Waals surface area contributed by atoms with Gasteiger partial charge in [-0.3, -0.25) is 0 Å². The molecule has 4 rings (SSSR count). The van der Waals surface area contributed by atoms with Gasteiger partial charge in [0, 0.05) is 22.3 Å². The van der Waals surface area contributed by atoms with Crippen molar-refractivity contribution in [1.29, 1.82) is 0 Å². The molecule has 0 N–H and O–H groups in total. The molecule has 0 aliphatic heterocycles. The Hall–Kier alpha value is -3.32. The second-order valence-electron chi connectivity index (χ2n) is 5.85. The van der Waals surface area contributed by atoms with Crippen LogP contribution in [0.2, 0.25) is 0 Å². The van der Waals surface area contributed by atoms with E-state index in [4.69, 9.17) is 4.42 Å². The third-order valence-corrected chi connectivity index (χ3v) is 4.28. The first-order valence-corrected chi connectivity index (χ1v) is 8.34. The molecule has 120 valence electrons. The fraction of sp³-hybridized carbons (Fsp3) is 0. The molecular formula is C24H18O. The van der Waals surface area contributed by atoms with Gasteiger partial charge in [-0.1, -0.05) is 104 Å². The van der Waals surface area contributed by atoms with Crippen LogP contribution in [-0.2, 0) is 0 Å². The second kappa shape index (κ2) is 6.66. The van der Waals surface area contributed by atoms with Gasteiger partial charge < -0.3 is 4.42 Å². The van der Waals surface area contributed by atoms with Gasteiger partial charge >= 0.3 is 0 Å². The number of hydrogen-bond donors (Lipinski definition) is 0. The highest BCUT2D eigenvalue weighted by Crippen LogP contribution is 2.43. The Morgan fingerprint density at radius 1 is 0.560 bits per heavy atom. The minimum absolute atomic E-state index is 0.855. The summed E-state index contributed by atoms with van der Waals surface area (Å²) in [6, 6.07) is 30.8. The molecule has 0 saturated carbocycles. The molecular weight excluding hydrogens is 304 g/mol. The van der Waals surface area contributed by atoms with Gasteiger partial charge in [0.05, 0.1) is 0 Å². The Morgan fingerprint density at radius 2 is 1.00 bits per heavy atom. The lowest BCUT2D eigenvalue weighted by molar-refractivity contribution is 0.597. The van der Waals surface area contributed by atoms with E-state index >= 15 is 0 Å². The van der Waals surface area contributed by atoms with Gasteiger partial charge in [-0.25, -0.2) is 0 Å². The predicted octanol–water partition coefficient (Wildman–Crippen LogP) is 6.92. The smallest absolute Gasteiger partial charge is 0.143 e. The van der Waals surface area contributed by atoms with E-state index in [0.717, 1.165) is 39.3 Å². The van der Waals surface area contributed by atoms with Gasteiger partial charge in [-0.15, -0.1) is 0 Å². The van der Waals surface area contributed by atoms with E-state index in [2.05, 4.69) is 43.0 Å². The summed E-state index contributed by atoms with van der Waals surface area (Å²) in [4.78, 5) is 0. The lowest BCUT2D eigenvalue weighted by Gasteiger charge is -2.04. The topological polar surface area (TPSA) is 13.1 Å². The molecule has 25 heavy (non-hydrogen) atoms. The summed E-state index contributed by atoms with van der Waals surface area (Å²) in [5, 5.41) is 0. The fourth-order valence-corrected chi connectivity index (χ4v) is 3.13. The molecule has 0 saturated heterocycles. The van der Waals surface area contributed by atoms with Crippen molar-refractivity contribution < 1.29 is 4.42 Å². The molecule has 4 aromatic rings. The lowest BCUT2D eigenvalue weighted by atomic mass is 9.96. The number of hydrogen-bond acceptors (Lipinski definition) is 1. The Labute approximate surface area is 147 Å². The van der Waals surface area contributed by atoms with E-state index in [1.54, 1.807) is 0 Å². The van der Waals surface area contributed by atoms with Crippen molar-refractivity contribution in [2.45, 2.75) is 0 Å². The van der Waals surface area contributed by atoms with Crippen LogP contribution >= 0.6 is 0 Å². The van der Waals surface area contributed by atoms with Crippen molar-refractivity contribution in [3.05, 3.63) is 103 Å². The third-order valence-electron chi connectivity index (χ3n) is 4.28. The summed E-state index contributed by atoms with van der Waals surface area (Å²) in [7, 11) is 0. The number of rotatable bonds is 4. The van der Waals surface area contributed by atoms with E-state index in [1.807, 2.05) is 60.7 Å². The largest absolute Gasteiger partial charge is 0.455 e. The standard InChI is InChI=1S/C24H18O/c1-2-21-22(18-12-6-3-7-13-18)24(20-16-10-5-11-17-20)25-23(21)19-14-8-4-9-15-19/h2-17H,1H2. The lowest BCUT2D eigenvalue weighted by Crippen LogP contribution is -1.83. The molecule has 1 aromatic heterocycles. The van der Waals surface area contributed by atoms with E-state index in [-0.39, 0.29) is 0 Å². The average molecular weight is 322 g/mol. The highest BCUT2D eigenvalue weighted by atomic mass is 16.3. The average Bonchev–Trinajstić information content (AvgIpc) is 3.09. The van der Waals surface area contributed by atoms with Crippen LogP contribution in [0.3, 0.4) is 0 Å². The summed E-state index contributed by atoms with van der Waals surface area (Å²) in [5.41, 5.74) is 5.35. The first-order valence-electron chi connectivity index (χ1n) is 8.34. The molecule has 1 heterocycles. The minimum Gasteiger partial charge on any atom is -0.455 e. The molecule has 0 fully saturated rings. The van der Waals surface area contributed by atoms with Crippen LogP contribution in [-0.4, -0.2) is 0 Å². The molecule has 3 aromatic carbocycles. The number of benzene rings is 3. The van der Waals surface area contributed by atoms with Crippen LogP contribution < -0.4 is 0 Å². The van der Waals surface area contributed by atoms with E-state index in [1.165, 1.54) is 0 Å². The van der Waals surface area contributed by atoms with Gasteiger partial charge in [-0.05, 0) is 5.56 Å². The van der Waals surface area contributed by atoms with Crippen molar-refractivity contribution in [3.8, 4) is 33.8 Å². The van der Waals surface area contributed by atoms with Crippen LogP contribution in [0.4, 0.5) is 0 Å². The summed E-state index contributed by atoms with van der Waals surface area (Å²) in [6.45, 7) is 4.05. The maximum Gasteiger partial charge on any atom is 0.143 e. The maximum absolute atomic E-state index is 6.39. The summed E-state index contributed by atoms with van der Waals surface area (Å²) in [5.74, 6) is 1.73. The first-order chi connectivity index (χ1) is 12.4. The molecule has 0 unspecified atom stereocenters. The van der Waals surface area contributed by atoms with Crippen molar-refractivity contribution in [2.24, 2.45) is 0 Å². The quantitative estimate of drug-likeness (QED) is 0.397. The zero-order chi connectivity index (χ0) is 17.1. The van der Waals surface area contributed by atoms with E-state index < -0.39 is 0 Å². The second-order valence-corrected chi connectivity index (χ2v) is 5.85. The van der Waals surface area contributed by atoms with Gasteiger partial charge in [0.15, 0.2) is 0 Å². The highest BCUT2D eigenvalue weighted by molar-refractivity contribution is 5.92. The molecule has 0 aliphatic carbocycles. The maximum atomic E-state index is 6.39. The van der Waals surface area contributed by atoms with Crippen LogP contribution in [0.25, 0.3) is 39.9 Å². The van der Waals surface area contributed by atoms with Gasteiger partial charge in [0.1, 0.15) is 11.5 Å². The van der Waals surface area contributed by atoms with Gasteiger partial charge in [0.25, 0.3) is 0 Å². The van der Waals surface area contributed by atoms with E-state index in [9.17, 15) is 0 Å². The summed E-state index contributed by atoms with van der Waals surface area (Å²) in [6.07, 6.45) is 1.89. The Balaban J connectivity index is 2.03. The zero-order valence-corrected chi connectivity index (χ0v) is 13.9. The molecule has 0 spiro atoms. The first kappa shape index (κ1) is 15.2. The van der Waals surface area contributed by atoms with Gasteiger partial charge in [0.2, 0.25) is 0 Å². The fourth-order valence-electron chi connectivity index (χ4n) is 3.13. The molecule has 1 nitrogen and oxygen atoms in total. The molecule has 1 heteroatoms. The summed E-state index contributed by atoms with van der Waals surface area (Å²) >= 11 is 0. The number of furan rings is 1.